The average Bonchev–Trinajstić information content (AvgIpc) is 3.34. The quantitative estimate of drug-likeness (QED) is 0.569. The molecule has 4 nitrogen and oxygen atoms in total. The number of nitrogens with zero attached hydrogens (tertiary/aromatic N) is 1. The van der Waals surface area contributed by atoms with Gasteiger partial charge in [-0.05, 0) is 65.3 Å². The maximum Gasteiger partial charge on any atom is 0.225 e. The van der Waals surface area contributed by atoms with E-state index < -0.39 is 0 Å². The minimum absolute atomic E-state index is 0.0247. The highest BCUT2D eigenvalue weighted by Gasteiger charge is 2.44. The summed E-state index contributed by atoms with van der Waals surface area (Å²) in [6, 6.07) is 0. The first kappa shape index (κ1) is 24.6. The first-order valence-corrected chi connectivity index (χ1v) is 9.76. The molecule has 1 fully saturated rings. The van der Waals surface area contributed by atoms with Crippen LogP contribution in [0.3, 0.4) is 0 Å². The van der Waals surface area contributed by atoms with E-state index in [1.165, 1.54) is 6.42 Å². The van der Waals surface area contributed by atoms with Gasteiger partial charge in [0.15, 0.2) is 0 Å². The van der Waals surface area contributed by atoms with Gasteiger partial charge in [-0.25, -0.2) is 0 Å². The molecular formula is C19H43N3O. The van der Waals surface area contributed by atoms with Gasteiger partial charge in [-0.2, -0.15) is 0 Å². The second-order valence-corrected chi connectivity index (χ2v) is 6.03. The summed E-state index contributed by atoms with van der Waals surface area (Å²) < 4.78 is 0. The highest BCUT2D eigenvalue weighted by molar-refractivity contribution is 5.84. The number of amides is 1. The first-order chi connectivity index (χ1) is 11.1. The SMILES string of the molecule is CC.CC.CCNCCCN(C)CCCCNC(=O)C1(C)CC1. The highest BCUT2D eigenvalue weighted by Crippen LogP contribution is 2.44. The van der Waals surface area contributed by atoms with Gasteiger partial charge in [-0.3, -0.25) is 4.79 Å². The summed E-state index contributed by atoms with van der Waals surface area (Å²) in [5, 5.41) is 6.39. The zero-order chi connectivity index (χ0) is 18.1. The van der Waals surface area contributed by atoms with E-state index in [0.717, 1.165) is 58.4 Å². The van der Waals surface area contributed by atoms with Crippen molar-refractivity contribution in [2.24, 2.45) is 5.41 Å². The molecule has 1 aliphatic rings. The summed E-state index contributed by atoms with van der Waals surface area (Å²) in [6.07, 6.45) is 5.58. The summed E-state index contributed by atoms with van der Waals surface area (Å²) in [5.74, 6) is 0.256. The van der Waals surface area contributed by atoms with Crippen LogP contribution in [0, 0.1) is 5.41 Å². The third kappa shape index (κ3) is 13.5. The van der Waals surface area contributed by atoms with Crippen molar-refractivity contribution in [1.82, 2.24) is 15.5 Å². The molecule has 0 unspecified atom stereocenters. The Hall–Kier alpha value is -0.610. The van der Waals surface area contributed by atoms with E-state index in [2.05, 4.69) is 36.4 Å². The van der Waals surface area contributed by atoms with Gasteiger partial charge < -0.3 is 15.5 Å². The van der Waals surface area contributed by atoms with E-state index in [4.69, 9.17) is 0 Å². The van der Waals surface area contributed by atoms with Crippen LogP contribution in [-0.4, -0.2) is 50.6 Å². The Labute approximate surface area is 145 Å². The lowest BCUT2D eigenvalue weighted by molar-refractivity contribution is -0.125. The third-order valence-corrected chi connectivity index (χ3v) is 3.94. The zero-order valence-electron chi connectivity index (χ0n) is 16.9. The summed E-state index contributed by atoms with van der Waals surface area (Å²) in [6.45, 7) is 17.5. The van der Waals surface area contributed by atoms with Crippen molar-refractivity contribution in [2.75, 3.05) is 39.8 Å². The molecule has 0 aliphatic heterocycles. The molecule has 1 amide bonds. The lowest BCUT2D eigenvalue weighted by Crippen LogP contribution is -2.31. The number of carbonyl (C=O) groups excluding carboxylic acids is 1. The average molecular weight is 330 g/mol. The summed E-state index contributed by atoms with van der Waals surface area (Å²) in [4.78, 5) is 14.1. The van der Waals surface area contributed by atoms with Crippen LogP contribution in [0.25, 0.3) is 0 Å². The number of rotatable bonds is 11. The van der Waals surface area contributed by atoms with Crippen molar-refractivity contribution >= 4 is 5.91 Å². The Morgan fingerprint density at radius 3 is 2.09 bits per heavy atom. The number of hydrogen-bond donors (Lipinski definition) is 2. The molecule has 1 saturated carbocycles. The molecule has 0 aromatic heterocycles. The van der Waals surface area contributed by atoms with E-state index in [0.29, 0.717) is 0 Å². The molecule has 23 heavy (non-hydrogen) atoms. The lowest BCUT2D eigenvalue weighted by atomic mass is 10.1. The van der Waals surface area contributed by atoms with Gasteiger partial charge in [0, 0.05) is 12.0 Å². The topological polar surface area (TPSA) is 44.4 Å². The number of unbranched alkanes of at least 4 members (excludes halogenated alkanes) is 1. The molecule has 0 spiro atoms. The fourth-order valence-corrected chi connectivity index (χ4v) is 2.10. The Kier molecular flexibility index (Phi) is 17.4. The molecule has 1 rings (SSSR count). The number of hydrogen-bond acceptors (Lipinski definition) is 3. The first-order valence-electron chi connectivity index (χ1n) is 9.76. The molecular weight excluding hydrogens is 286 g/mol. The molecule has 0 aromatic rings. The standard InChI is InChI=1S/C15H31N3O.2C2H6/c1-4-16-10-7-13-18(3)12-6-5-11-17-14(19)15(2)8-9-15;2*1-2/h16H,4-13H2,1-3H3,(H,17,19);2*1-2H3. The van der Waals surface area contributed by atoms with E-state index >= 15 is 0 Å². The Morgan fingerprint density at radius 1 is 1.00 bits per heavy atom. The van der Waals surface area contributed by atoms with E-state index in [1.54, 1.807) is 0 Å². The van der Waals surface area contributed by atoms with Crippen LogP contribution < -0.4 is 10.6 Å². The van der Waals surface area contributed by atoms with E-state index in [-0.39, 0.29) is 11.3 Å². The van der Waals surface area contributed by atoms with Crippen LogP contribution in [0.1, 0.15) is 73.6 Å². The van der Waals surface area contributed by atoms with Crippen LogP contribution in [0.15, 0.2) is 0 Å². The van der Waals surface area contributed by atoms with Crippen LogP contribution >= 0.6 is 0 Å². The smallest absolute Gasteiger partial charge is 0.225 e. The molecule has 0 atom stereocenters. The minimum Gasteiger partial charge on any atom is -0.356 e. The van der Waals surface area contributed by atoms with Crippen molar-refractivity contribution in [3.05, 3.63) is 0 Å². The van der Waals surface area contributed by atoms with Crippen LogP contribution in [-0.2, 0) is 4.79 Å². The monoisotopic (exact) mass is 329 g/mol. The number of nitrogens with one attached hydrogen (secondary N) is 2. The fourth-order valence-electron chi connectivity index (χ4n) is 2.10. The Bertz CT molecular complexity index is 265. The van der Waals surface area contributed by atoms with Crippen LogP contribution in [0.5, 0.6) is 0 Å². The molecule has 0 saturated heterocycles. The van der Waals surface area contributed by atoms with Gasteiger partial charge in [0.25, 0.3) is 0 Å². The molecule has 1 aliphatic carbocycles. The van der Waals surface area contributed by atoms with Gasteiger partial charge in [-0.15, -0.1) is 0 Å². The molecule has 2 N–H and O–H groups in total. The highest BCUT2D eigenvalue weighted by atomic mass is 16.2. The molecule has 140 valence electrons. The third-order valence-electron chi connectivity index (χ3n) is 3.94. The lowest BCUT2D eigenvalue weighted by Gasteiger charge is -2.16. The van der Waals surface area contributed by atoms with Crippen molar-refractivity contribution in [3.63, 3.8) is 0 Å². The number of carbonyl (C=O) groups is 1. The Morgan fingerprint density at radius 2 is 1.57 bits per heavy atom. The summed E-state index contributed by atoms with van der Waals surface area (Å²) in [5.41, 5.74) is -0.0247. The van der Waals surface area contributed by atoms with E-state index in [9.17, 15) is 4.79 Å². The van der Waals surface area contributed by atoms with Crippen molar-refractivity contribution < 1.29 is 4.79 Å². The molecule has 0 heterocycles. The van der Waals surface area contributed by atoms with Gasteiger partial charge >= 0.3 is 0 Å². The van der Waals surface area contributed by atoms with Gasteiger partial charge in [0.05, 0.1) is 0 Å². The van der Waals surface area contributed by atoms with Gasteiger partial charge in [-0.1, -0.05) is 41.5 Å². The van der Waals surface area contributed by atoms with Crippen molar-refractivity contribution in [2.45, 2.75) is 73.6 Å². The van der Waals surface area contributed by atoms with Crippen molar-refractivity contribution in [1.29, 1.82) is 0 Å². The fraction of sp³-hybridized carbons (Fsp3) is 0.947. The maximum absolute atomic E-state index is 11.7. The normalized spacial score (nSPS) is 14.3. The maximum atomic E-state index is 11.7. The second-order valence-electron chi connectivity index (χ2n) is 6.03. The predicted octanol–water partition coefficient (Wildman–Crippen LogP) is 3.67. The molecule has 0 radical (unpaired) electrons. The van der Waals surface area contributed by atoms with Gasteiger partial charge in [0.1, 0.15) is 0 Å². The Balaban J connectivity index is 0. The van der Waals surface area contributed by atoms with Crippen molar-refractivity contribution in [3.8, 4) is 0 Å². The second kappa shape index (κ2) is 16.3. The predicted molar refractivity (Wildman–Crippen MR) is 103 cm³/mol. The molecule has 0 bridgehead atoms. The van der Waals surface area contributed by atoms with E-state index in [1.807, 2.05) is 27.7 Å². The van der Waals surface area contributed by atoms with Gasteiger partial charge in [0.2, 0.25) is 5.91 Å². The zero-order valence-corrected chi connectivity index (χ0v) is 16.9. The van der Waals surface area contributed by atoms with Crippen LogP contribution in [0.2, 0.25) is 0 Å². The van der Waals surface area contributed by atoms with Crippen LogP contribution in [0.4, 0.5) is 0 Å². The summed E-state index contributed by atoms with van der Waals surface area (Å²) >= 11 is 0. The largest absolute Gasteiger partial charge is 0.356 e. The molecule has 0 aromatic carbocycles. The summed E-state index contributed by atoms with van der Waals surface area (Å²) in [7, 11) is 2.18. The minimum atomic E-state index is -0.0247. The molecule has 4 heteroatoms.